The van der Waals surface area contributed by atoms with E-state index in [4.69, 9.17) is 0 Å². The molecule has 18 heavy (non-hydrogen) atoms. The molecule has 0 aliphatic heterocycles. The van der Waals surface area contributed by atoms with Crippen molar-refractivity contribution in [2.75, 3.05) is 18.1 Å². The van der Waals surface area contributed by atoms with E-state index in [9.17, 15) is 8.42 Å². The first-order valence-corrected chi connectivity index (χ1v) is 8.69. The highest BCUT2D eigenvalue weighted by Gasteiger charge is 2.07. The summed E-state index contributed by atoms with van der Waals surface area (Å²) in [5, 5.41) is 6.59. The maximum Gasteiger partial charge on any atom is 0.151 e. The molecule has 0 aliphatic rings. The van der Waals surface area contributed by atoms with Crippen LogP contribution >= 0.6 is 11.3 Å². The number of thiophene rings is 1. The number of sulfone groups is 1. The minimum absolute atomic E-state index is 0.214. The summed E-state index contributed by atoms with van der Waals surface area (Å²) in [5.41, 5.74) is 1.24. The van der Waals surface area contributed by atoms with Gasteiger partial charge in [0.1, 0.15) is 0 Å². The Morgan fingerprint density at radius 3 is 2.83 bits per heavy atom. The van der Waals surface area contributed by atoms with Crippen molar-refractivity contribution in [1.29, 1.82) is 0 Å². The fourth-order valence-electron chi connectivity index (χ4n) is 1.76. The van der Waals surface area contributed by atoms with Gasteiger partial charge in [-0.25, -0.2) is 8.42 Å². The summed E-state index contributed by atoms with van der Waals surface area (Å²) in [6, 6.07) is 8.26. The molecule has 0 radical (unpaired) electrons. The average molecular weight is 283 g/mol. The van der Waals surface area contributed by atoms with Crippen LogP contribution in [0.3, 0.4) is 0 Å². The van der Waals surface area contributed by atoms with Gasteiger partial charge in [0, 0.05) is 23.5 Å². The summed E-state index contributed by atoms with van der Waals surface area (Å²) in [6.07, 6.45) is 0. The monoisotopic (exact) mass is 283 g/mol. The third kappa shape index (κ3) is 3.31. The maximum atomic E-state index is 11.3. The van der Waals surface area contributed by atoms with E-state index < -0.39 is 9.84 Å². The van der Waals surface area contributed by atoms with Crippen LogP contribution in [0.1, 0.15) is 12.5 Å². The van der Waals surface area contributed by atoms with E-state index in [1.54, 1.807) is 18.3 Å². The van der Waals surface area contributed by atoms with Crippen LogP contribution in [0.25, 0.3) is 10.1 Å². The standard InChI is InChI=1S/C13H17NO2S2/c1-2-18(15,16)8-7-14-9-11-10-17-13-6-4-3-5-12(11)13/h3-6,10,14H,2,7-9H2,1H3. The number of hydrogen-bond donors (Lipinski definition) is 1. The second kappa shape index (κ2) is 5.82. The minimum atomic E-state index is -2.86. The molecular weight excluding hydrogens is 266 g/mol. The van der Waals surface area contributed by atoms with Crippen LogP contribution in [0.5, 0.6) is 0 Å². The summed E-state index contributed by atoms with van der Waals surface area (Å²) in [6.45, 7) is 2.92. The number of hydrogen-bond acceptors (Lipinski definition) is 4. The molecule has 0 spiro atoms. The SMILES string of the molecule is CCS(=O)(=O)CCNCc1csc2ccccc12. The Morgan fingerprint density at radius 1 is 1.28 bits per heavy atom. The third-order valence-corrected chi connectivity index (χ3v) is 5.62. The molecule has 1 aromatic heterocycles. The Morgan fingerprint density at radius 2 is 2.06 bits per heavy atom. The van der Waals surface area contributed by atoms with Gasteiger partial charge < -0.3 is 5.32 Å². The van der Waals surface area contributed by atoms with Gasteiger partial charge in [-0.05, 0) is 22.4 Å². The summed E-state index contributed by atoms with van der Waals surface area (Å²) in [5.74, 6) is 0.432. The molecule has 0 fully saturated rings. The molecule has 2 aromatic rings. The zero-order chi connectivity index (χ0) is 13.0. The van der Waals surface area contributed by atoms with E-state index in [1.165, 1.54) is 15.6 Å². The van der Waals surface area contributed by atoms with Gasteiger partial charge >= 0.3 is 0 Å². The molecule has 0 atom stereocenters. The van der Waals surface area contributed by atoms with Gasteiger partial charge in [-0.2, -0.15) is 0 Å². The van der Waals surface area contributed by atoms with Crippen molar-refractivity contribution in [3.8, 4) is 0 Å². The third-order valence-electron chi connectivity index (χ3n) is 2.91. The second-order valence-corrected chi connectivity index (χ2v) is 7.55. The van der Waals surface area contributed by atoms with E-state index >= 15 is 0 Å². The van der Waals surface area contributed by atoms with Crippen molar-refractivity contribution in [1.82, 2.24) is 5.32 Å². The van der Waals surface area contributed by atoms with Crippen molar-refractivity contribution in [2.24, 2.45) is 0 Å². The molecule has 1 heterocycles. The molecule has 0 saturated heterocycles. The summed E-state index contributed by atoms with van der Waals surface area (Å²) in [7, 11) is -2.86. The van der Waals surface area contributed by atoms with Crippen LogP contribution in [0, 0.1) is 0 Å². The molecule has 0 aliphatic carbocycles. The highest BCUT2D eigenvalue weighted by molar-refractivity contribution is 7.91. The maximum absolute atomic E-state index is 11.3. The van der Waals surface area contributed by atoms with Crippen molar-refractivity contribution in [3.63, 3.8) is 0 Å². The van der Waals surface area contributed by atoms with Crippen LogP contribution in [0.2, 0.25) is 0 Å². The number of fused-ring (bicyclic) bond motifs is 1. The van der Waals surface area contributed by atoms with Gasteiger partial charge in [0.2, 0.25) is 0 Å². The van der Waals surface area contributed by atoms with Gasteiger partial charge in [-0.3, -0.25) is 0 Å². The number of nitrogens with one attached hydrogen (secondary N) is 1. The fraction of sp³-hybridized carbons (Fsp3) is 0.385. The summed E-state index contributed by atoms with van der Waals surface area (Å²) in [4.78, 5) is 0. The topological polar surface area (TPSA) is 46.2 Å². The van der Waals surface area contributed by atoms with Crippen LogP contribution in [0.15, 0.2) is 29.6 Å². The molecule has 0 unspecified atom stereocenters. The lowest BCUT2D eigenvalue weighted by atomic mass is 10.2. The Balaban J connectivity index is 1.91. The van der Waals surface area contributed by atoms with Crippen molar-refractivity contribution < 1.29 is 8.42 Å². The molecule has 98 valence electrons. The first-order valence-electron chi connectivity index (χ1n) is 5.98. The van der Waals surface area contributed by atoms with Gasteiger partial charge in [0.05, 0.1) is 5.75 Å². The second-order valence-electron chi connectivity index (χ2n) is 4.17. The molecule has 0 saturated carbocycles. The van der Waals surface area contributed by atoms with E-state index in [0.717, 1.165) is 6.54 Å². The molecule has 5 heteroatoms. The van der Waals surface area contributed by atoms with Crippen LogP contribution in [0.4, 0.5) is 0 Å². The molecule has 0 bridgehead atoms. The predicted octanol–water partition coefficient (Wildman–Crippen LogP) is 2.43. The molecular formula is C13H17NO2S2. The normalized spacial score (nSPS) is 12.1. The molecule has 0 amide bonds. The van der Waals surface area contributed by atoms with Crippen LogP contribution < -0.4 is 5.32 Å². The average Bonchev–Trinajstić information content (AvgIpc) is 2.78. The van der Waals surface area contributed by atoms with Crippen molar-refractivity contribution >= 4 is 31.3 Å². The van der Waals surface area contributed by atoms with Gasteiger partial charge in [-0.1, -0.05) is 25.1 Å². The largest absolute Gasteiger partial charge is 0.312 e. The van der Waals surface area contributed by atoms with Crippen LogP contribution in [-0.2, 0) is 16.4 Å². The van der Waals surface area contributed by atoms with Crippen LogP contribution in [-0.4, -0.2) is 26.5 Å². The smallest absolute Gasteiger partial charge is 0.151 e. The Labute approximate surface area is 112 Å². The number of benzene rings is 1. The van der Waals surface area contributed by atoms with E-state index in [1.807, 2.05) is 12.1 Å². The highest BCUT2D eigenvalue weighted by Crippen LogP contribution is 2.25. The molecule has 3 nitrogen and oxygen atoms in total. The zero-order valence-electron chi connectivity index (χ0n) is 10.3. The van der Waals surface area contributed by atoms with E-state index in [2.05, 4.69) is 22.8 Å². The molecule has 1 aromatic carbocycles. The lowest BCUT2D eigenvalue weighted by Gasteiger charge is -2.04. The van der Waals surface area contributed by atoms with Gasteiger partial charge in [0.25, 0.3) is 0 Å². The zero-order valence-corrected chi connectivity index (χ0v) is 12.0. The van der Waals surface area contributed by atoms with Crippen molar-refractivity contribution in [3.05, 3.63) is 35.2 Å². The van der Waals surface area contributed by atoms with Gasteiger partial charge in [0.15, 0.2) is 9.84 Å². The fourth-order valence-corrected chi connectivity index (χ4v) is 3.47. The summed E-state index contributed by atoms with van der Waals surface area (Å²) >= 11 is 1.72. The van der Waals surface area contributed by atoms with E-state index in [0.29, 0.717) is 6.54 Å². The minimum Gasteiger partial charge on any atom is -0.312 e. The Bertz CT molecular complexity index is 617. The lowest BCUT2D eigenvalue weighted by molar-refractivity contribution is 0.592. The first kappa shape index (κ1) is 13.5. The predicted molar refractivity (Wildman–Crippen MR) is 77.9 cm³/mol. The first-order chi connectivity index (χ1) is 8.62. The highest BCUT2D eigenvalue weighted by atomic mass is 32.2. The Hall–Kier alpha value is -0.910. The summed E-state index contributed by atoms with van der Waals surface area (Å²) < 4.78 is 23.9. The Kier molecular flexibility index (Phi) is 4.37. The quantitative estimate of drug-likeness (QED) is 0.828. The van der Waals surface area contributed by atoms with Gasteiger partial charge in [-0.15, -0.1) is 11.3 Å². The van der Waals surface area contributed by atoms with Crippen molar-refractivity contribution in [2.45, 2.75) is 13.5 Å². The van der Waals surface area contributed by atoms with E-state index in [-0.39, 0.29) is 11.5 Å². The lowest BCUT2D eigenvalue weighted by Crippen LogP contribution is -2.23. The molecule has 1 N–H and O–H groups in total. The number of rotatable bonds is 6. The molecule has 2 rings (SSSR count).